The van der Waals surface area contributed by atoms with Crippen molar-refractivity contribution in [2.75, 3.05) is 10.9 Å². The maximum absolute atomic E-state index is 4.41. The molecule has 0 bridgehead atoms. The van der Waals surface area contributed by atoms with E-state index < -0.39 is 0 Å². The van der Waals surface area contributed by atoms with E-state index in [2.05, 4.69) is 85.2 Å². The molecule has 0 fully saturated rings. The number of halogens is 2. The number of hydrogen-bond acceptors (Lipinski definition) is 6. The molecule has 36 heavy (non-hydrogen) atoms. The van der Waals surface area contributed by atoms with E-state index in [9.17, 15) is 0 Å². The van der Waals surface area contributed by atoms with Gasteiger partial charge in [0.1, 0.15) is 0 Å². The minimum absolute atomic E-state index is 0.555. The molecule has 0 radical (unpaired) electrons. The second-order valence-corrected chi connectivity index (χ2v) is 9.88. The van der Waals surface area contributed by atoms with Crippen LogP contribution in [-0.2, 0) is 0 Å². The molecule has 6 rings (SSSR count). The summed E-state index contributed by atoms with van der Waals surface area (Å²) < 4.78 is 2.02. The van der Waals surface area contributed by atoms with Crippen LogP contribution in [0.1, 0.15) is 11.1 Å². The third-order valence-electron chi connectivity index (χ3n) is 5.79. The van der Waals surface area contributed by atoms with Crippen molar-refractivity contribution in [3.05, 3.63) is 93.1 Å². The SMILES string of the molecule is Brc1ccc2[nH]cc(C=NNc3nnc(NN=Cc4c[nH]c5ccc(Br)cc45)c4ccccc34)c2c1. The van der Waals surface area contributed by atoms with E-state index >= 15 is 0 Å². The monoisotopic (exact) mass is 600 g/mol. The summed E-state index contributed by atoms with van der Waals surface area (Å²) in [7, 11) is 0. The zero-order chi connectivity index (χ0) is 24.5. The maximum Gasteiger partial charge on any atom is 0.176 e. The van der Waals surface area contributed by atoms with Crippen molar-refractivity contribution in [1.29, 1.82) is 0 Å². The third kappa shape index (κ3) is 4.36. The molecule has 4 N–H and O–H groups in total. The molecule has 0 saturated carbocycles. The lowest BCUT2D eigenvalue weighted by atomic mass is 10.2. The van der Waals surface area contributed by atoms with Gasteiger partial charge in [-0.2, -0.15) is 10.2 Å². The molecule has 176 valence electrons. The topological polar surface area (TPSA) is 106 Å². The van der Waals surface area contributed by atoms with Crippen LogP contribution in [0.2, 0.25) is 0 Å². The first kappa shape index (κ1) is 22.4. The van der Waals surface area contributed by atoms with Gasteiger partial charge in [-0.3, -0.25) is 10.9 Å². The number of rotatable bonds is 6. The third-order valence-corrected chi connectivity index (χ3v) is 6.77. The molecule has 0 spiro atoms. The lowest BCUT2D eigenvalue weighted by Crippen LogP contribution is -2.01. The van der Waals surface area contributed by atoms with Gasteiger partial charge in [0.05, 0.1) is 12.4 Å². The van der Waals surface area contributed by atoms with Crippen molar-refractivity contribution in [3.63, 3.8) is 0 Å². The summed E-state index contributed by atoms with van der Waals surface area (Å²) in [5.74, 6) is 1.11. The number of nitrogens with one attached hydrogen (secondary N) is 4. The van der Waals surface area contributed by atoms with Gasteiger partial charge in [-0.05, 0) is 36.4 Å². The van der Waals surface area contributed by atoms with Gasteiger partial charge in [-0.1, -0.05) is 56.1 Å². The minimum atomic E-state index is 0.555. The van der Waals surface area contributed by atoms with Crippen LogP contribution in [0, 0.1) is 0 Å². The number of hydrazone groups is 2. The molecule has 0 aliphatic heterocycles. The van der Waals surface area contributed by atoms with Crippen LogP contribution in [0.4, 0.5) is 11.6 Å². The van der Waals surface area contributed by atoms with Gasteiger partial charge in [-0.25, -0.2) is 0 Å². The van der Waals surface area contributed by atoms with Crippen molar-refractivity contribution in [2.45, 2.75) is 0 Å². The lowest BCUT2D eigenvalue weighted by Gasteiger charge is -2.07. The first-order valence-corrected chi connectivity index (χ1v) is 12.6. The fourth-order valence-corrected chi connectivity index (χ4v) is 4.76. The van der Waals surface area contributed by atoms with Crippen molar-refractivity contribution >= 4 is 88.5 Å². The molecule has 0 aliphatic carbocycles. The first-order chi connectivity index (χ1) is 17.7. The van der Waals surface area contributed by atoms with E-state index in [1.807, 2.05) is 60.9 Å². The molecule has 8 nitrogen and oxygen atoms in total. The Kier molecular flexibility index (Phi) is 5.96. The van der Waals surface area contributed by atoms with Crippen LogP contribution >= 0.6 is 31.9 Å². The molecule has 0 amide bonds. The number of benzene rings is 3. The second kappa shape index (κ2) is 9.56. The molecular weight excluding hydrogens is 584 g/mol. The first-order valence-electron chi connectivity index (χ1n) is 11.0. The summed E-state index contributed by atoms with van der Waals surface area (Å²) in [5, 5.41) is 21.4. The Hall–Kier alpha value is -4.02. The van der Waals surface area contributed by atoms with Gasteiger partial charge in [0.25, 0.3) is 0 Å². The van der Waals surface area contributed by atoms with E-state index in [1.165, 1.54) is 0 Å². The van der Waals surface area contributed by atoms with Gasteiger partial charge in [-0.15, -0.1) is 10.2 Å². The van der Waals surface area contributed by atoms with Crippen molar-refractivity contribution in [2.24, 2.45) is 10.2 Å². The highest BCUT2D eigenvalue weighted by Crippen LogP contribution is 2.27. The summed E-state index contributed by atoms with van der Waals surface area (Å²) in [6.45, 7) is 0. The molecule has 10 heteroatoms. The molecule has 3 heterocycles. The zero-order valence-corrected chi connectivity index (χ0v) is 21.8. The minimum Gasteiger partial charge on any atom is -0.361 e. The van der Waals surface area contributed by atoms with Gasteiger partial charge in [0, 0.05) is 65.0 Å². The standard InChI is InChI=1S/C26H18Br2N8/c27-17-5-7-23-21(9-17)15(11-29-23)13-31-33-25-19-3-1-2-4-20(19)26(36-35-25)34-32-14-16-12-30-24-8-6-18(28)10-22(16)24/h1-14,29-30H,(H,33,35)(H,34,36). The van der Waals surface area contributed by atoms with E-state index in [-0.39, 0.29) is 0 Å². The van der Waals surface area contributed by atoms with Crippen LogP contribution in [0.3, 0.4) is 0 Å². The molecule has 3 aromatic carbocycles. The Balaban J connectivity index is 1.24. The predicted molar refractivity (Wildman–Crippen MR) is 154 cm³/mol. The Labute approximate surface area is 222 Å². The number of aromatic amines is 2. The van der Waals surface area contributed by atoms with Crippen LogP contribution < -0.4 is 10.9 Å². The molecule has 0 unspecified atom stereocenters. The molecule has 0 atom stereocenters. The Morgan fingerprint density at radius 3 is 1.58 bits per heavy atom. The van der Waals surface area contributed by atoms with Crippen LogP contribution in [0.5, 0.6) is 0 Å². The number of fused-ring (bicyclic) bond motifs is 3. The van der Waals surface area contributed by atoms with Gasteiger partial charge >= 0.3 is 0 Å². The summed E-state index contributed by atoms with van der Waals surface area (Å²) in [4.78, 5) is 6.50. The maximum atomic E-state index is 4.41. The highest BCUT2D eigenvalue weighted by molar-refractivity contribution is 9.10. The smallest absolute Gasteiger partial charge is 0.176 e. The Morgan fingerprint density at radius 2 is 1.11 bits per heavy atom. The van der Waals surface area contributed by atoms with Crippen LogP contribution in [-0.4, -0.2) is 32.6 Å². The van der Waals surface area contributed by atoms with Crippen molar-refractivity contribution in [1.82, 2.24) is 20.2 Å². The number of aromatic nitrogens is 4. The van der Waals surface area contributed by atoms with E-state index in [0.717, 1.165) is 52.7 Å². The van der Waals surface area contributed by atoms with Crippen LogP contribution in [0.25, 0.3) is 32.6 Å². The average Bonchev–Trinajstić information content (AvgIpc) is 3.48. The van der Waals surface area contributed by atoms with Crippen molar-refractivity contribution in [3.8, 4) is 0 Å². The molecule has 0 saturated heterocycles. The molecular formula is C26H18Br2N8. The predicted octanol–water partition coefficient (Wildman–Crippen LogP) is 7.01. The molecule has 6 aromatic rings. The summed E-state index contributed by atoms with van der Waals surface area (Å²) in [6, 6.07) is 20.0. The summed E-state index contributed by atoms with van der Waals surface area (Å²) in [5.41, 5.74) is 10.1. The van der Waals surface area contributed by atoms with Gasteiger partial charge < -0.3 is 9.97 Å². The zero-order valence-electron chi connectivity index (χ0n) is 18.6. The number of H-pyrrole nitrogens is 2. The fourth-order valence-electron chi connectivity index (χ4n) is 4.04. The Bertz CT molecular complexity index is 1650. The number of hydrogen-bond donors (Lipinski definition) is 4. The highest BCUT2D eigenvalue weighted by atomic mass is 79.9. The fraction of sp³-hybridized carbons (Fsp3) is 0. The van der Waals surface area contributed by atoms with E-state index in [1.54, 1.807) is 12.4 Å². The van der Waals surface area contributed by atoms with E-state index in [0.29, 0.717) is 11.6 Å². The highest BCUT2D eigenvalue weighted by Gasteiger charge is 2.09. The van der Waals surface area contributed by atoms with Crippen LogP contribution in [0.15, 0.2) is 92.2 Å². The van der Waals surface area contributed by atoms with Crippen molar-refractivity contribution < 1.29 is 0 Å². The number of nitrogens with zero attached hydrogens (tertiary/aromatic N) is 4. The van der Waals surface area contributed by atoms with Gasteiger partial charge in [0.2, 0.25) is 0 Å². The quantitative estimate of drug-likeness (QED) is 0.122. The summed E-state index contributed by atoms with van der Waals surface area (Å²) >= 11 is 7.04. The average molecular weight is 602 g/mol. The largest absolute Gasteiger partial charge is 0.361 e. The number of anilines is 2. The lowest BCUT2D eigenvalue weighted by molar-refractivity contribution is 1.03. The summed E-state index contributed by atoms with van der Waals surface area (Å²) in [6.07, 6.45) is 7.36. The molecule has 3 aromatic heterocycles. The van der Waals surface area contributed by atoms with Gasteiger partial charge in [0.15, 0.2) is 11.6 Å². The second-order valence-electron chi connectivity index (χ2n) is 8.05. The normalized spacial score (nSPS) is 11.9. The Morgan fingerprint density at radius 1 is 0.639 bits per heavy atom. The van der Waals surface area contributed by atoms with E-state index in [4.69, 9.17) is 0 Å². The molecule has 0 aliphatic rings.